The number of anilines is 1. The zero-order valence-electron chi connectivity index (χ0n) is 13.5. The third kappa shape index (κ3) is 2.82. The van der Waals surface area contributed by atoms with Crippen molar-refractivity contribution in [3.05, 3.63) is 66.0 Å². The van der Waals surface area contributed by atoms with E-state index in [1.54, 1.807) is 24.3 Å². The third-order valence-electron chi connectivity index (χ3n) is 4.86. The quantitative estimate of drug-likeness (QED) is 0.776. The summed E-state index contributed by atoms with van der Waals surface area (Å²) < 4.78 is 27.4. The molecule has 1 aliphatic rings. The van der Waals surface area contributed by atoms with Crippen LogP contribution in [0.3, 0.4) is 0 Å². The lowest BCUT2D eigenvalue weighted by atomic mass is 9.84. The smallest absolute Gasteiger partial charge is 0.142 e. The minimum Gasteiger partial charge on any atom is -0.385 e. The van der Waals surface area contributed by atoms with Crippen molar-refractivity contribution < 1.29 is 13.9 Å². The Labute approximate surface area is 143 Å². The fourth-order valence-electron chi connectivity index (χ4n) is 3.43. The van der Waals surface area contributed by atoms with Crippen molar-refractivity contribution in [1.82, 2.24) is 9.97 Å². The highest BCUT2D eigenvalue weighted by molar-refractivity contribution is 5.89. The van der Waals surface area contributed by atoms with Crippen molar-refractivity contribution in [3.63, 3.8) is 0 Å². The molecule has 2 heterocycles. The van der Waals surface area contributed by atoms with Crippen molar-refractivity contribution in [2.24, 2.45) is 0 Å². The van der Waals surface area contributed by atoms with Crippen molar-refractivity contribution in [1.29, 1.82) is 0 Å². The van der Waals surface area contributed by atoms with E-state index < -0.39 is 5.60 Å². The van der Waals surface area contributed by atoms with Crippen LogP contribution in [0, 0.1) is 11.6 Å². The summed E-state index contributed by atoms with van der Waals surface area (Å²) in [4.78, 5) is 10.3. The van der Waals surface area contributed by atoms with Crippen LogP contribution in [0.15, 0.2) is 48.8 Å². The van der Waals surface area contributed by atoms with Crippen molar-refractivity contribution in [2.75, 3.05) is 18.0 Å². The van der Waals surface area contributed by atoms with Gasteiger partial charge in [-0.3, -0.25) is 0 Å². The van der Waals surface area contributed by atoms with Crippen LogP contribution >= 0.6 is 0 Å². The molecule has 0 aliphatic carbocycles. The number of fused-ring (bicyclic) bond motifs is 1. The van der Waals surface area contributed by atoms with Gasteiger partial charge in [0.1, 0.15) is 23.8 Å². The standard InChI is InChI=1S/C19H17F2N3O/c20-14-6-4-13(5-7-14)19(25)8-10-24(11-9-19)18-17-15(21)2-1-3-16(17)22-12-23-18/h1-7,12,25H,8-11H2. The molecule has 128 valence electrons. The maximum absolute atomic E-state index is 14.3. The number of benzene rings is 2. The second-order valence-corrected chi connectivity index (χ2v) is 6.36. The lowest BCUT2D eigenvalue weighted by molar-refractivity contribution is 0.0116. The van der Waals surface area contributed by atoms with Crippen LogP contribution in [0.1, 0.15) is 18.4 Å². The second-order valence-electron chi connectivity index (χ2n) is 6.36. The number of hydrogen-bond donors (Lipinski definition) is 1. The van der Waals surface area contributed by atoms with Gasteiger partial charge in [0.05, 0.1) is 16.5 Å². The summed E-state index contributed by atoms with van der Waals surface area (Å²) in [5, 5.41) is 11.3. The molecule has 4 nitrogen and oxygen atoms in total. The first-order chi connectivity index (χ1) is 12.1. The first-order valence-electron chi connectivity index (χ1n) is 8.19. The Kier molecular flexibility index (Phi) is 3.84. The molecule has 4 rings (SSSR count). The molecule has 0 radical (unpaired) electrons. The number of nitrogens with zero attached hydrogens (tertiary/aromatic N) is 3. The average molecular weight is 341 g/mol. The first-order valence-corrected chi connectivity index (χ1v) is 8.19. The fraction of sp³-hybridized carbons (Fsp3) is 0.263. The molecule has 1 fully saturated rings. The molecular formula is C19H17F2N3O. The highest BCUT2D eigenvalue weighted by Crippen LogP contribution is 2.36. The SMILES string of the molecule is OC1(c2ccc(F)cc2)CCN(c2ncnc3cccc(F)c23)CC1. The topological polar surface area (TPSA) is 49.2 Å². The van der Waals surface area contributed by atoms with Gasteiger partial charge < -0.3 is 10.0 Å². The van der Waals surface area contributed by atoms with Crippen molar-refractivity contribution in [2.45, 2.75) is 18.4 Å². The molecule has 1 aromatic heterocycles. The Hall–Kier alpha value is -2.60. The number of aliphatic hydroxyl groups is 1. The van der Waals surface area contributed by atoms with Crippen LogP contribution in [0.5, 0.6) is 0 Å². The number of rotatable bonds is 2. The molecule has 0 spiro atoms. The minimum atomic E-state index is -1.01. The summed E-state index contributed by atoms with van der Waals surface area (Å²) in [6.07, 6.45) is 2.34. The van der Waals surface area contributed by atoms with Crippen LogP contribution in [0.2, 0.25) is 0 Å². The molecule has 1 aliphatic heterocycles. The van der Waals surface area contributed by atoms with Gasteiger partial charge in [-0.25, -0.2) is 18.7 Å². The Bertz CT molecular complexity index is 901. The summed E-state index contributed by atoms with van der Waals surface area (Å²) >= 11 is 0. The Morgan fingerprint density at radius 3 is 2.40 bits per heavy atom. The number of piperidine rings is 1. The van der Waals surface area contributed by atoms with Gasteiger partial charge in [0.2, 0.25) is 0 Å². The maximum atomic E-state index is 14.3. The molecule has 6 heteroatoms. The molecule has 0 bridgehead atoms. The zero-order valence-corrected chi connectivity index (χ0v) is 13.5. The van der Waals surface area contributed by atoms with Gasteiger partial charge in [0, 0.05) is 13.1 Å². The van der Waals surface area contributed by atoms with Gasteiger partial charge in [-0.15, -0.1) is 0 Å². The normalized spacial score (nSPS) is 17.0. The van der Waals surface area contributed by atoms with E-state index in [1.807, 2.05) is 4.90 Å². The first kappa shape index (κ1) is 15.9. The summed E-state index contributed by atoms with van der Waals surface area (Å²) in [6.45, 7) is 1.04. The van der Waals surface area contributed by atoms with Gasteiger partial charge >= 0.3 is 0 Å². The van der Waals surface area contributed by atoms with E-state index in [2.05, 4.69) is 9.97 Å². The molecule has 3 aromatic rings. The molecule has 0 amide bonds. The average Bonchev–Trinajstić information content (AvgIpc) is 2.63. The van der Waals surface area contributed by atoms with Crippen molar-refractivity contribution in [3.8, 4) is 0 Å². The number of hydrogen-bond acceptors (Lipinski definition) is 4. The lowest BCUT2D eigenvalue weighted by Crippen LogP contribution is -2.43. The summed E-state index contributed by atoms with van der Waals surface area (Å²) in [7, 11) is 0. The van der Waals surface area contributed by atoms with E-state index in [1.165, 1.54) is 24.5 Å². The van der Waals surface area contributed by atoms with Gasteiger partial charge in [-0.1, -0.05) is 18.2 Å². The maximum Gasteiger partial charge on any atom is 0.142 e. The minimum absolute atomic E-state index is 0.326. The highest BCUT2D eigenvalue weighted by atomic mass is 19.1. The van der Waals surface area contributed by atoms with E-state index >= 15 is 0 Å². The number of halogens is 2. The Balaban J connectivity index is 1.61. The largest absolute Gasteiger partial charge is 0.385 e. The zero-order chi connectivity index (χ0) is 17.4. The third-order valence-corrected chi connectivity index (χ3v) is 4.86. The van der Waals surface area contributed by atoms with Crippen LogP contribution in [-0.4, -0.2) is 28.2 Å². The Morgan fingerprint density at radius 1 is 0.960 bits per heavy atom. The molecule has 0 unspecified atom stereocenters. The van der Waals surface area contributed by atoms with Gasteiger partial charge in [-0.05, 0) is 42.7 Å². The van der Waals surface area contributed by atoms with Gasteiger partial charge in [0.15, 0.2) is 0 Å². The van der Waals surface area contributed by atoms with Gasteiger partial charge in [-0.2, -0.15) is 0 Å². The molecule has 0 saturated carbocycles. The van der Waals surface area contributed by atoms with Crippen LogP contribution in [0.4, 0.5) is 14.6 Å². The number of aromatic nitrogens is 2. The van der Waals surface area contributed by atoms with E-state index in [0.717, 1.165) is 0 Å². The summed E-state index contributed by atoms with van der Waals surface area (Å²) in [6, 6.07) is 10.7. The molecule has 2 aromatic carbocycles. The molecular weight excluding hydrogens is 324 g/mol. The Morgan fingerprint density at radius 2 is 1.68 bits per heavy atom. The molecule has 1 N–H and O–H groups in total. The predicted octanol–water partition coefficient (Wildman–Crippen LogP) is 3.40. The van der Waals surface area contributed by atoms with Gasteiger partial charge in [0.25, 0.3) is 0 Å². The van der Waals surface area contributed by atoms with Crippen LogP contribution < -0.4 is 4.90 Å². The fourth-order valence-corrected chi connectivity index (χ4v) is 3.43. The van der Waals surface area contributed by atoms with Crippen LogP contribution in [0.25, 0.3) is 10.9 Å². The summed E-state index contributed by atoms with van der Waals surface area (Å²) in [5.41, 5.74) is 0.252. The monoisotopic (exact) mass is 341 g/mol. The molecule has 25 heavy (non-hydrogen) atoms. The van der Waals surface area contributed by atoms with E-state index in [9.17, 15) is 13.9 Å². The predicted molar refractivity (Wildman–Crippen MR) is 91.2 cm³/mol. The second kappa shape index (κ2) is 6.04. The van der Waals surface area contributed by atoms with E-state index in [0.29, 0.717) is 48.2 Å². The van der Waals surface area contributed by atoms with E-state index in [-0.39, 0.29) is 11.6 Å². The molecule has 0 atom stereocenters. The van der Waals surface area contributed by atoms with E-state index in [4.69, 9.17) is 0 Å². The lowest BCUT2D eigenvalue weighted by Gasteiger charge is -2.39. The van der Waals surface area contributed by atoms with Crippen molar-refractivity contribution >= 4 is 16.7 Å². The molecule has 1 saturated heterocycles. The highest BCUT2D eigenvalue weighted by Gasteiger charge is 2.35. The summed E-state index contributed by atoms with van der Waals surface area (Å²) in [5.74, 6) is -0.135. The van der Waals surface area contributed by atoms with Crippen LogP contribution in [-0.2, 0) is 5.60 Å².